The molecule has 0 saturated carbocycles. The number of halogens is 2. The average molecular weight is 476 g/mol. The van der Waals surface area contributed by atoms with Crippen LogP contribution in [0.3, 0.4) is 0 Å². The molecular weight excluding hydrogens is 454 g/mol. The first-order valence-electron chi connectivity index (χ1n) is 7.68. The van der Waals surface area contributed by atoms with Crippen molar-refractivity contribution in [1.29, 1.82) is 0 Å². The molecule has 0 bridgehead atoms. The molecule has 0 unspecified atom stereocenters. The van der Waals surface area contributed by atoms with Gasteiger partial charge in [0.05, 0.1) is 13.1 Å². The Kier molecular flexibility index (Phi) is 9.43. The van der Waals surface area contributed by atoms with E-state index in [4.69, 9.17) is 0 Å². The van der Waals surface area contributed by atoms with Crippen LogP contribution in [0.5, 0.6) is 0 Å². The van der Waals surface area contributed by atoms with Gasteiger partial charge in [-0.3, -0.25) is 9.79 Å². The number of nitrogens with one attached hydrogen (secondary N) is 3. The Hall–Kier alpha value is -1.68. The van der Waals surface area contributed by atoms with Gasteiger partial charge in [0.25, 0.3) is 0 Å². The second kappa shape index (κ2) is 11.0. The molecule has 1 amide bonds. The summed E-state index contributed by atoms with van der Waals surface area (Å²) < 4.78 is 13.1. The molecule has 5 nitrogen and oxygen atoms in total. The van der Waals surface area contributed by atoms with Crippen molar-refractivity contribution in [3.8, 4) is 0 Å². The second-order valence-electron chi connectivity index (χ2n) is 5.06. The number of benzene rings is 1. The fourth-order valence-corrected chi connectivity index (χ4v) is 2.93. The Balaban J connectivity index is 0.00000312. The van der Waals surface area contributed by atoms with Crippen molar-refractivity contribution in [1.82, 2.24) is 10.6 Å². The van der Waals surface area contributed by atoms with E-state index in [2.05, 4.69) is 40.0 Å². The molecule has 2 aromatic rings. The summed E-state index contributed by atoms with van der Waals surface area (Å²) in [6.07, 6.45) is 1.03. The van der Waals surface area contributed by atoms with Gasteiger partial charge in [0.1, 0.15) is 5.82 Å². The molecule has 1 heterocycles. The first-order valence-corrected chi connectivity index (χ1v) is 8.50. The number of guanidine groups is 1. The number of hydrogen-bond acceptors (Lipinski definition) is 3. The van der Waals surface area contributed by atoms with Crippen molar-refractivity contribution >= 4 is 52.9 Å². The van der Waals surface area contributed by atoms with E-state index in [1.54, 1.807) is 30.5 Å². The summed E-state index contributed by atoms with van der Waals surface area (Å²) in [6, 6.07) is 9.98. The monoisotopic (exact) mass is 476 g/mol. The van der Waals surface area contributed by atoms with Crippen LogP contribution < -0.4 is 16.0 Å². The number of aliphatic imine (C=N–C) groups is 1. The van der Waals surface area contributed by atoms with Gasteiger partial charge < -0.3 is 16.0 Å². The molecule has 0 aliphatic heterocycles. The van der Waals surface area contributed by atoms with Gasteiger partial charge in [-0.15, -0.1) is 35.3 Å². The molecule has 0 aliphatic carbocycles. The molecule has 0 spiro atoms. The third-order valence-electron chi connectivity index (χ3n) is 3.24. The van der Waals surface area contributed by atoms with Gasteiger partial charge in [-0.1, -0.05) is 13.0 Å². The maximum atomic E-state index is 13.1. The number of carbonyl (C=O) groups is 1. The molecule has 0 atom stereocenters. The molecule has 0 aliphatic rings. The van der Waals surface area contributed by atoms with E-state index in [1.165, 1.54) is 21.9 Å². The summed E-state index contributed by atoms with van der Waals surface area (Å²) in [6.45, 7) is 2.82. The summed E-state index contributed by atoms with van der Waals surface area (Å²) >= 11 is 1.75. The largest absolute Gasteiger partial charge is 0.352 e. The molecule has 3 N–H and O–H groups in total. The van der Waals surface area contributed by atoms with Crippen LogP contribution in [-0.2, 0) is 17.8 Å². The second-order valence-corrected chi connectivity index (χ2v) is 6.31. The number of hydrogen-bond donors (Lipinski definition) is 3. The summed E-state index contributed by atoms with van der Waals surface area (Å²) in [5.74, 6) is -0.121. The van der Waals surface area contributed by atoms with Gasteiger partial charge in [0.2, 0.25) is 5.91 Å². The Morgan fingerprint density at radius 2 is 1.96 bits per heavy atom. The summed E-state index contributed by atoms with van der Waals surface area (Å²) in [7, 11) is 1.64. The molecule has 2 rings (SSSR count). The zero-order valence-electron chi connectivity index (χ0n) is 14.1. The third kappa shape index (κ3) is 7.39. The SMILES string of the molecule is CCc1ccc(CNC(=NC)NCC(=O)Nc2cccc(F)c2)s1.I. The number of anilines is 1. The van der Waals surface area contributed by atoms with Gasteiger partial charge in [-0.05, 0) is 36.8 Å². The van der Waals surface area contributed by atoms with Crippen molar-refractivity contribution in [2.75, 3.05) is 18.9 Å². The fraction of sp³-hybridized carbons (Fsp3) is 0.294. The topological polar surface area (TPSA) is 65.5 Å². The van der Waals surface area contributed by atoms with Crippen molar-refractivity contribution in [2.45, 2.75) is 19.9 Å². The van der Waals surface area contributed by atoms with E-state index in [-0.39, 0.29) is 42.2 Å². The lowest BCUT2D eigenvalue weighted by molar-refractivity contribution is -0.115. The van der Waals surface area contributed by atoms with Crippen molar-refractivity contribution < 1.29 is 9.18 Å². The first-order chi connectivity index (χ1) is 11.6. The van der Waals surface area contributed by atoms with Crippen LogP contribution in [0.4, 0.5) is 10.1 Å². The van der Waals surface area contributed by atoms with Crippen LogP contribution in [0.25, 0.3) is 0 Å². The Morgan fingerprint density at radius 1 is 1.20 bits per heavy atom. The standard InChI is InChI=1S/C17H21FN4OS.HI/c1-3-14-7-8-15(24-14)10-20-17(19-2)21-11-16(23)22-13-6-4-5-12(18)9-13;/h4-9H,3,10-11H2,1-2H3,(H,22,23)(H2,19,20,21);1H. The van der Waals surface area contributed by atoms with Crippen LogP contribution in [0.1, 0.15) is 16.7 Å². The highest BCUT2D eigenvalue weighted by atomic mass is 127. The highest BCUT2D eigenvalue weighted by Gasteiger charge is 2.06. The van der Waals surface area contributed by atoms with Crippen molar-refractivity contribution in [3.63, 3.8) is 0 Å². The van der Waals surface area contributed by atoms with Crippen LogP contribution in [0.2, 0.25) is 0 Å². The third-order valence-corrected chi connectivity index (χ3v) is 4.47. The Labute approximate surface area is 168 Å². The van der Waals surface area contributed by atoms with Crippen LogP contribution in [0.15, 0.2) is 41.4 Å². The zero-order chi connectivity index (χ0) is 17.4. The molecule has 8 heteroatoms. The average Bonchev–Trinajstić information content (AvgIpc) is 3.03. The number of amides is 1. The van der Waals surface area contributed by atoms with E-state index in [1.807, 2.05) is 0 Å². The quantitative estimate of drug-likeness (QED) is 0.341. The predicted molar refractivity (Wildman–Crippen MR) is 112 cm³/mol. The van der Waals surface area contributed by atoms with Gasteiger partial charge in [-0.25, -0.2) is 4.39 Å². The van der Waals surface area contributed by atoms with Gasteiger partial charge in [0.15, 0.2) is 5.96 Å². The van der Waals surface area contributed by atoms with Crippen LogP contribution >= 0.6 is 35.3 Å². The maximum absolute atomic E-state index is 13.1. The summed E-state index contributed by atoms with van der Waals surface area (Å²) in [5, 5.41) is 8.72. The normalized spacial score (nSPS) is 10.8. The highest BCUT2D eigenvalue weighted by molar-refractivity contribution is 14.0. The molecule has 0 radical (unpaired) electrons. The van der Waals surface area contributed by atoms with Crippen molar-refractivity contribution in [3.05, 3.63) is 52.0 Å². The number of rotatable bonds is 6. The number of thiophene rings is 1. The molecular formula is C17H22FIN4OS. The van der Waals surface area contributed by atoms with E-state index in [0.717, 1.165) is 6.42 Å². The molecule has 1 aromatic carbocycles. The summed E-state index contributed by atoms with van der Waals surface area (Å²) in [4.78, 5) is 18.5. The fourth-order valence-electron chi connectivity index (χ4n) is 2.03. The lowest BCUT2D eigenvalue weighted by atomic mass is 10.3. The van der Waals surface area contributed by atoms with Crippen LogP contribution in [-0.4, -0.2) is 25.5 Å². The van der Waals surface area contributed by atoms with Gasteiger partial charge in [0, 0.05) is 22.5 Å². The Morgan fingerprint density at radius 3 is 2.60 bits per heavy atom. The van der Waals surface area contributed by atoms with Crippen LogP contribution in [0, 0.1) is 5.82 Å². The Bertz CT molecular complexity index is 720. The van der Waals surface area contributed by atoms with Gasteiger partial charge in [-0.2, -0.15) is 0 Å². The number of nitrogens with zero attached hydrogens (tertiary/aromatic N) is 1. The smallest absolute Gasteiger partial charge is 0.243 e. The summed E-state index contributed by atoms with van der Waals surface area (Å²) in [5.41, 5.74) is 0.426. The molecule has 1 aromatic heterocycles. The van der Waals surface area contributed by atoms with E-state index < -0.39 is 0 Å². The van der Waals surface area contributed by atoms with Crippen molar-refractivity contribution in [2.24, 2.45) is 4.99 Å². The minimum absolute atomic E-state index is 0. The molecule has 136 valence electrons. The van der Waals surface area contributed by atoms with E-state index in [0.29, 0.717) is 18.2 Å². The van der Waals surface area contributed by atoms with E-state index >= 15 is 0 Å². The molecule has 25 heavy (non-hydrogen) atoms. The molecule has 0 fully saturated rings. The lowest BCUT2D eigenvalue weighted by Crippen LogP contribution is -2.40. The minimum atomic E-state index is -0.388. The van der Waals surface area contributed by atoms with Gasteiger partial charge >= 0.3 is 0 Å². The molecule has 0 saturated heterocycles. The maximum Gasteiger partial charge on any atom is 0.243 e. The van der Waals surface area contributed by atoms with E-state index in [9.17, 15) is 9.18 Å². The highest BCUT2D eigenvalue weighted by Crippen LogP contribution is 2.16. The number of aryl methyl sites for hydroxylation is 1. The predicted octanol–water partition coefficient (Wildman–Crippen LogP) is 3.37. The first kappa shape index (κ1) is 21.4. The zero-order valence-corrected chi connectivity index (χ0v) is 17.3. The number of carbonyl (C=O) groups excluding carboxylic acids is 1. The minimum Gasteiger partial charge on any atom is -0.352 e. The lowest BCUT2D eigenvalue weighted by Gasteiger charge is -2.11.